The molecule has 4 rings (SSSR count). The Bertz CT molecular complexity index is 1030. The first-order valence-electron chi connectivity index (χ1n) is 9.83. The molecule has 1 saturated heterocycles. The van der Waals surface area contributed by atoms with Gasteiger partial charge >= 0.3 is 6.01 Å². The molecule has 2 heterocycles. The monoisotopic (exact) mass is 426 g/mol. The molecule has 0 atom stereocenters. The SMILES string of the molecule is COc1ccc(-c2noc(N3CCC(C(=O)Nc4ccc(Cl)cc4C)CC3)n2)cc1. The number of nitrogens with zero attached hydrogens (tertiary/aromatic N) is 3. The number of hydrogen-bond donors (Lipinski definition) is 1. The van der Waals surface area contributed by atoms with Crippen LogP contribution in [0.5, 0.6) is 5.75 Å². The van der Waals surface area contributed by atoms with Crippen LogP contribution in [-0.2, 0) is 4.79 Å². The van der Waals surface area contributed by atoms with E-state index >= 15 is 0 Å². The zero-order valence-corrected chi connectivity index (χ0v) is 17.6. The molecule has 30 heavy (non-hydrogen) atoms. The molecule has 2 aromatic carbocycles. The van der Waals surface area contributed by atoms with Gasteiger partial charge in [0.25, 0.3) is 0 Å². The van der Waals surface area contributed by atoms with Gasteiger partial charge < -0.3 is 19.5 Å². The van der Waals surface area contributed by atoms with E-state index < -0.39 is 0 Å². The van der Waals surface area contributed by atoms with Crippen LogP contribution in [-0.4, -0.2) is 36.2 Å². The lowest BCUT2D eigenvalue weighted by Gasteiger charge is -2.29. The zero-order chi connectivity index (χ0) is 21.1. The third-order valence-electron chi connectivity index (χ3n) is 5.35. The van der Waals surface area contributed by atoms with E-state index in [1.165, 1.54) is 0 Å². The van der Waals surface area contributed by atoms with Crippen molar-refractivity contribution in [2.75, 3.05) is 30.4 Å². The van der Waals surface area contributed by atoms with E-state index in [9.17, 15) is 4.79 Å². The zero-order valence-electron chi connectivity index (χ0n) is 16.9. The summed E-state index contributed by atoms with van der Waals surface area (Å²) in [6.07, 6.45) is 1.44. The second-order valence-electron chi connectivity index (χ2n) is 7.34. The molecule has 1 aliphatic heterocycles. The lowest BCUT2D eigenvalue weighted by Crippen LogP contribution is -2.38. The fourth-order valence-electron chi connectivity index (χ4n) is 3.54. The highest BCUT2D eigenvalue weighted by Crippen LogP contribution is 2.27. The molecular formula is C22H23ClN4O3. The molecular weight excluding hydrogens is 404 g/mol. The number of rotatable bonds is 5. The topological polar surface area (TPSA) is 80.5 Å². The fourth-order valence-corrected chi connectivity index (χ4v) is 3.76. The number of carbonyl (C=O) groups excluding carboxylic acids is 1. The molecule has 0 radical (unpaired) electrons. The molecule has 1 aliphatic rings. The van der Waals surface area contributed by atoms with Crippen LogP contribution in [0.3, 0.4) is 0 Å². The van der Waals surface area contributed by atoms with Crippen LogP contribution in [0, 0.1) is 12.8 Å². The smallest absolute Gasteiger partial charge is 0.324 e. The van der Waals surface area contributed by atoms with Crippen molar-refractivity contribution in [2.24, 2.45) is 5.92 Å². The van der Waals surface area contributed by atoms with Gasteiger partial charge in [-0.3, -0.25) is 4.79 Å². The Morgan fingerprint density at radius 3 is 2.60 bits per heavy atom. The van der Waals surface area contributed by atoms with Gasteiger partial charge in [0.15, 0.2) is 0 Å². The summed E-state index contributed by atoms with van der Waals surface area (Å²) >= 11 is 5.99. The van der Waals surface area contributed by atoms with E-state index in [4.69, 9.17) is 20.9 Å². The Hall–Kier alpha value is -3.06. The summed E-state index contributed by atoms with van der Waals surface area (Å²) in [5.41, 5.74) is 2.61. The highest BCUT2D eigenvalue weighted by Gasteiger charge is 2.28. The Morgan fingerprint density at radius 1 is 1.20 bits per heavy atom. The van der Waals surface area contributed by atoms with Crippen LogP contribution in [0.2, 0.25) is 5.02 Å². The third-order valence-corrected chi connectivity index (χ3v) is 5.58. The van der Waals surface area contributed by atoms with E-state index in [-0.39, 0.29) is 11.8 Å². The summed E-state index contributed by atoms with van der Waals surface area (Å²) in [4.78, 5) is 19.2. The molecule has 0 saturated carbocycles. The number of halogens is 1. The number of hydrogen-bond acceptors (Lipinski definition) is 6. The Kier molecular flexibility index (Phi) is 5.90. The average Bonchev–Trinajstić information content (AvgIpc) is 3.26. The van der Waals surface area contributed by atoms with Crippen LogP contribution in [0.1, 0.15) is 18.4 Å². The number of nitrogens with one attached hydrogen (secondary N) is 1. The van der Waals surface area contributed by atoms with Gasteiger partial charge in [0.05, 0.1) is 7.11 Å². The van der Waals surface area contributed by atoms with Gasteiger partial charge in [-0.05, 0) is 67.8 Å². The first-order valence-corrected chi connectivity index (χ1v) is 10.2. The van der Waals surface area contributed by atoms with Crippen molar-refractivity contribution in [3.63, 3.8) is 0 Å². The lowest BCUT2D eigenvalue weighted by atomic mass is 9.96. The Morgan fingerprint density at radius 2 is 1.93 bits per heavy atom. The van der Waals surface area contributed by atoms with Gasteiger partial charge in [0.2, 0.25) is 11.7 Å². The van der Waals surface area contributed by atoms with Crippen molar-refractivity contribution in [2.45, 2.75) is 19.8 Å². The number of piperidine rings is 1. The average molecular weight is 427 g/mol. The van der Waals surface area contributed by atoms with Crippen molar-refractivity contribution in [1.82, 2.24) is 10.1 Å². The van der Waals surface area contributed by atoms with Gasteiger partial charge in [-0.2, -0.15) is 4.98 Å². The quantitative estimate of drug-likeness (QED) is 0.644. The minimum absolute atomic E-state index is 0.0320. The predicted octanol–water partition coefficient (Wildman–Crippen LogP) is 4.56. The van der Waals surface area contributed by atoms with Crippen LogP contribution in [0.15, 0.2) is 47.0 Å². The van der Waals surface area contributed by atoms with Crippen molar-refractivity contribution in [3.8, 4) is 17.1 Å². The maximum atomic E-state index is 12.7. The van der Waals surface area contributed by atoms with Gasteiger partial charge in [0.1, 0.15) is 5.75 Å². The van der Waals surface area contributed by atoms with Gasteiger partial charge in [-0.25, -0.2) is 0 Å². The van der Waals surface area contributed by atoms with Crippen LogP contribution < -0.4 is 15.0 Å². The minimum Gasteiger partial charge on any atom is -0.497 e. The normalized spacial score (nSPS) is 14.6. The molecule has 8 heteroatoms. The lowest BCUT2D eigenvalue weighted by molar-refractivity contribution is -0.120. The van der Waals surface area contributed by atoms with Gasteiger partial charge in [0, 0.05) is 35.3 Å². The van der Waals surface area contributed by atoms with Crippen molar-refractivity contribution in [3.05, 3.63) is 53.1 Å². The van der Waals surface area contributed by atoms with Crippen molar-refractivity contribution >= 4 is 29.2 Å². The van der Waals surface area contributed by atoms with Crippen molar-refractivity contribution in [1.29, 1.82) is 0 Å². The summed E-state index contributed by atoms with van der Waals surface area (Å²) < 4.78 is 10.6. The van der Waals surface area contributed by atoms with E-state index in [1.54, 1.807) is 13.2 Å². The maximum absolute atomic E-state index is 12.7. The highest BCUT2D eigenvalue weighted by atomic mass is 35.5. The number of methoxy groups -OCH3 is 1. The number of aromatic nitrogens is 2. The molecule has 1 fully saturated rings. The maximum Gasteiger partial charge on any atom is 0.324 e. The molecule has 0 spiro atoms. The second-order valence-corrected chi connectivity index (χ2v) is 7.78. The number of anilines is 2. The summed E-state index contributed by atoms with van der Waals surface area (Å²) in [5, 5.41) is 7.76. The number of amides is 1. The van der Waals surface area contributed by atoms with Crippen molar-refractivity contribution < 1.29 is 14.1 Å². The first-order chi connectivity index (χ1) is 14.5. The number of carbonyl (C=O) groups is 1. The Labute approximate surface area is 180 Å². The van der Waals surface area contributed by atoms with Crippen LogP contribution >= 0.6 is 11.6 Å². The molecule has 1 amide bonds. The summed E-state index contributed by atoms with van der Waals surface area (Å²) in [5.74, 6) is 1.28. The number of aryl methyl sites for hydroxylation is 1. The minimum atomic E-state index is -0.0553. The highest BCUT2D eigenvalue weighted by molar-refractivity contribution is 6.30. The molecule has 156 valence electrons. The second kappa shape index (κ2) is 8.75. The molecule has 1 aromatic heterocycles. The third kappa shape index (κ3) is 4.41. The fraction of sp³-hybridized carbons (Fsp3) is 0.318. The Balaban J connectivity index is 1.35. The van der Waals surface area contributed by atoms with E-state index in [1.807, 2.05) is 48.2 Å². The van der Waals surface area contributed by atoms with E-state index in [2.05, 4.69) is 15.5 Å². The molecule has 7 nitrogen and oxygen atoms in total. The van der Waals surface area contributed by atoms with E-state index in [0.717, 1.165) is 35.4 Å². The molecule has 1 N–H and O–H groups in total. The standard InChI is InChI=1S/C22H23ClN4O3/c1-14-13-17(23)5-8-19(14)24-21(28)16-9-11-27(12-10-16)22-25-20(26-30-22)15-3-6-18(29-2)7-4-15/h3-8,13,16H,9-12H2,1-2H3,(H,24,28). The molecule has 3 aromatic rings. The summed E-state index contributed by atoms with van der Waals surface area (Å²) in [6, 6.07) is 13.4. The van der Waals surface area contributed by atoms with Gasteiger partial charge in [-0.15, -0.1) is 0 Å². The predicted molar refractivity (Wildman–Crippen MR) is 116 cm³/mol. The molecule has 0 bridgehead atoms. The molecule has 0 unspecified atom stereocenters. The van der Waals surface area contributed by atoms with Crippen LogP contribution in [0.25, 0.3) is 11.4 Å². The van der Waals surface area contributed by atoms with Crippen LogP contribution in [0.4, 0.5) is 11.7 Å². The molecule has 0 aliphatic carbocycles. The van der Waals surface area contributed by atoms with E-state index in [0.29, 0.717) is 30.0 Å². The number of benzene rings is 2. The van der Waals surface area contributed by atoms with Gasteiger partial charge in [-0.1, -0.05) is 16.8 Å². The summed E-state index contributed by atoms with van der Waals surface area (Å²) in [7, 11) is 1.63. The first kappa shape index (κ1) is 20.2. The number of ether oxygens (including phenoxy) is 1. The summed E-state index contributed by atoms with van der Waals surface area (Å²) in [6.45, 7) is 3.30. The largest absolute Gasteiger partial charge is 0.497 e.